The molecule has 0 radical (unpaired) electrons. The molecule has 0 atom stereocenters. The zero-order chi connectivity index (χ0) is 23.3. The molecule has 6 nitrogen and oxygen atoms in total. The van der Waals surface area contributed by atoms with Crippen molar-refractivity contribution in [2.75, 3.05) is 19.0 Å². The number of nitrogens with one attached hydrogen (secondary N) is 1. The SMILES string of the molecule is CCOc1ccc(C(=O)Nc2cccc(Cl)c2)cc1CN(C)S(=O)(=O)c1ccc(Cl)cc1. The van der Waals surface area contributed by atoms with Gasteiger partial charge in [-0.05, 0) is 67.6 Å². The average Bonchev–Trinajstić information content (AvgIpc) is 2.75. The molecule has 0 aromatic heterocycles. The Balaban J connectivity index is 1.87. The minimum atomic E-state index is -3.77. The third-order valence-electron chi connectivity index (χ3n) is 4.62. The van der Waals surface area contributed by atoms with E-state index in [-0.39, 0.29) is 17.3 Å². The molecule has 168 valence electrons. The van der Waals surface area contributed by atoms with E-state index >= 15 is 0 Å². The predicted molar refractivity (Wildman–Crippen MR) is 127 cm³/mol. The van der Waals surface area contributed by atoms with Crippen LogP contribution in [0.3, 0.4) is 0 Å². The Labute approximate surface area is 197 Å². The van der Waals surface area contributed by atoms with Crippen LogP contribution in [-0.4, -0.2) is 32.3 Å². The monoisotopic (exact) mass is 492 g/mol. The second-order valence-corrected chi connectivity index (χ2v) is 9.85. The molecular weight excluding hydrogens is 471 g/mol. The summed E-state index contributed by atoms with van der Waals surface area (Å²) in [6, 6.07) is 17.7. The van der Waals surface area contributed by atoms with Gasteiger partial charge in [-0.3, -0.25) is 4.79 Å². The quantitative estimate of drug-likeness (QED) is 0.452. The summed E-state index contributed by atoms with van der Waals surface area (Å²) in [4.78, 5) is 12.9. The molecule has 32 heavy (non-hydrogen) atoms. The van der Waals surface area contributed by atoms with E-state index in [9.17, 15) is 13.2 Å². The minimum Gasteiger partial charge on any atom is -0.494 e. The number of amides is 1. The van der Waals surface area contributed by atoms with Gasteiger partial charge in [0.05, 0.1) is 11.5 Å². The number of hydrogen-bond donors (Lipinski definition) is 1. The fourth-order valence-corrected chi connectivity index (χ4v) is 4.49. The maximum Gasteiger partial charge on any atom is 0.255 e. The molecule has 0 bridgehead atoms. The minimum absolute atomic E-state index is 0.0125. The Morgan fingerprint density at radius 1 is 1.00 bits per heavy atom. The summed E-state index contributed by atoms with van der Waals surface area (Å²) in [5.74, 6) is 0.157. The first-order chi connectivity index (χ1) is 15.2. The Morgan fingerprint density at radius 2 is 1.72 bits per heavy atom. The molecular formula is C23H22Cl2N2O4S. The first-order valence-electron chi connectivity index (χ1n) is 9.75. The molecule has 3 rings (SSSR count). The molecule has 3 aromatic rings. The highest BCUT2D eigenvalue weighted by molar-refractivity contribution is 7.89. The van der Waals surface area contributed by atoms with Crippen molar-refractivity contribution in [1.82, 2.24) is 4.31 Å². The van der Waals surface area contributed by atoms with Gasteiger partial charge in [0.2, 0.25) is 10.0 Å². The maximum atomic E-state index is 13.0. The Morgan fingerprint density at radius 3 is 2.38 bits per heavy atom. The summed E-state index contributed by atoms with van der Waals surface area (Å²) in [7, 11) is -2.30. The summed E-state index contributed by atoms with van der Waals surface area (Å²) in [6.07, 6.45) is 0. The lowest BCUT2D eigenvalue weighted by Crippen LogP contribution is -2.27. The number of sulfonamides is 1. The van der Waals surface area contributed by atoms with Gasteiger partial charge in [-0.25, -0.2) is 8.42 Å². The van der Waals surface area contributed by atoms with Gasteiger partial charge in [-0.2, -0.15) is 4.31 Å². The molecule has 0 heterocycles. The molecule has 9 heteroatoms. The van der Waals surface area contributed by atoms with Crippen LogP contribution in [0.5, 0.6) is 5.75 Å². The predicted octanol–water partition coefficient (Wildman–Crippen LogP) is 5.47. The molecule has 0 aliphatic rings. The smallest absolute Gasteiger partial charge is 0.255 e. The summed E-state index contributed by atoms with van der Waals surface area (Å²) in [6.45, 7) is 2.24. The van der Waals surface area contributed by atoms with Gasteiger partial charge < -0.3 is 10.1 Å². The highest BCUT2D eigenvalue weighted by Crippen LogP contribution is 2.26. The lowest BCUT2D eigenvalue weighted by Gasteiger charge is -2.20. The van der Waals surface area contributed by atoms with Gasteiger partial charge >= 0.3 is 0 Å². The summed E-state index contributed by atoms with van der Waals surface area (Å²) >= 11 is 11.8. The Kier molecular flexibility index (Phi) is 7.79. The van der Waals surface area contributed by atoms with Crippen molar-refractivity contribution in [3.8, 4) is 5.75 Å². The van der Waals surface area contributed by atoms with E-state index < -0.39 is 10.0 Å². The van der Waals surface area contributed by atoms with Crippen LogP contribution in [0.4, 0.5) is 5.69 Å². The number of hydrogen-bond acceptors (Lipinski definition) is 4. The first kappa shape index (κ1) is 24.1. The maximum absolute atomic E-state index is 13.0. The second-order valence-electron chi connectivity index (χ2n) is 6.93. The van der Waals surface area contributed by atoms with Crippen molar-refractivity contribution in [1.29, 1.82) is 0 Å². The van der Waals surface area contributed by atoms with Crippen molar-refractivity contribution < 1.29 is 17.9 Å². The average molecular weight is 493 g/mol. The van der Waals surface area contributed by atoms with Gasteiger partial charge in [0, 0.05) is 40.5 Å². The number of halogens is 2. The fraction of sp³-hybridized carbons (Fsp3) is 0.174. The highest BCUT2D eigenvalue weighted by Gasteiger charge is 2.23. The number of benzene rings is 3. The van der Waals surface area contributed by atoms with Crippen LogP contribution in [0, 0.1) is 0 Å². The Bertz CT molecular complexity index is 1210. The van der Waals surface area contributed by atoms with Crippen molar-refractivity contribution in [2.45, 2.75) is 18.4 Å². The zero-order valence-corrected chi connectivity index (χ0v) is 19.8. The van der Waals surface area contributed by atoms with Gasteiger partial charge in [-0.15, -0.1) is 0 Å². The molecule has 0 spiro atoms. The van der Waals surface area contributed by atoms with Crippen LogP contribution in [-0.2, 0) is 16.6 Å². The van der Waals surface area contributed by atoms with Gasteiger partial charge in [-0.1, -0.05) is 29.3 Å². The lowest BCUT2D eigenvalue weighted by atomic mass is 10.1. The number of carbonyl (C=O) groups is 1. The van der Waals surface area contributed by atoms with Crippen LogP contribution in [0.15, 0.2) is 71.6 Å². The largest absolute Gasteiger partial charge is 0.494 e. The number of carbonyl (C=O) groups excluding carboxylic acids is 1. The van der Waals surface area contributed by atoms with Crippen LogP contribution < -0.4 is 10.1 Å². The van der Waals surface area contributed by atoms with E-state index in [2.05, 4.69) is 5.32 Å². The molecule has 0 unspecified atom stereocenters. The molecule has 1 amide bonds. The van der Waals surface area contributed by atoms with Gasteiger partial charge in [0.15, 0.2) is 0 Å². The van der Waals surface area contributed by atoms with E-state index in [0.29, 0.717) is 39.2 Å². The normalized spacial score (nSPS) is 11.4. The zero-order valence-electron chi connectivity index (χ0n) is 17.5. The second kappa shape index (κ2) is 10.4. The number of ether oxygens (including phenoxy) is 1. The van der Waals surface area contributed by atoms with E-state index in [1.165, 1.54) is 35.6 Å². The van der Waals surface area contributed by atoms with Crippen LogP contribution in [0.25, 0.3) is 0 Å². The Hall–Kier alpha value is -2.58. The summed E-state index contributed by atoms with van der Waals surface area (Å²) < 4.78 is 32.8. The van der Waals surface area contributed by atoms with Crippen LogP contribution >= 0.6 is 23.2 Å². The van der Waals surface area contributed by atoms with Crippen LogP contribution in [0.1, 0.15) is 22.8 Å². The van der Waals surface area contributed by atoms with E-state index in [1.54, 1.807) is 42.5 Å². The van der Waals surface area contributed by atoms with Gasteiger partial charge in [0.1, 0.15) is 5.75 Å². The van der Waals surface area contributed by atoms with Crippen molar-refractivity contribution in [3.63, 3.8) is 0 Å². The topological polar surface area (TPSA) is 75.7 Å². The summed E-state index contributed by atoms with van der Waals surface area (Å²) in [5.41, 5.74) is 1.48. The van der Waals surface area contributed by atoms with Crippen molar-refractivity contribution >= 4 is 44.8 Å². The van der Waals surface area contributed by atoms with Crippen molar-refractivity contribution in [2.24, 2.45) is 0 Å². The molecule has 0 saturated carbocycles. The van der Waals surface area contributed by atoms with Crippen molar-refractivity contribution in [3.05, 3.63) is 87.9 Å². The molecule has 1 N–H and O–H groups in total. The fourth-order valence-electron chi connectivity index (χ4n) is 3.02. The van der Waals surface area contributed by atoms with Crippen LogP contribution in [0.2, 0.25) is 10.0 Å². The number of rotatable bonds is 8. The van der Waals surface area contributed by atoms with E-state index in [0.717, 1.165) is 0 Å². The molecule has 0 aliphatic heterocycles. The van der Waals surface area contributed by atoms with E-state index in [1.807, 2.05) is 6.92 Å². The summed E-state index contributed by atoms with van der Waals surface area (Å²) in [5, 5.41) is 3.74. The molecule has 0 aliphatic carbocycles. The van der Waals surface area contributed by atoms with Gasteiger partial charge in [0.25, 0.3) is 5.91 Å². The lowest BCUT2D eigenvalue weighted by molar-refractivity contribution is 0.102. The van der Waals surface area contributed by atoms with E-state index in [4.69, 9.17) is 27.9 Å². The third-order valence-corrected chi connectivity index (χ3v) is 6.92. The first-order valence-corrected chi connectivity index (χ1v) is 11.9. The standard InChI is InChI=1S/C23H22Cl2N2O4S/c1-3-31-22-12-7-16(23(28)26-20-6-4-5-19(25)14-20)13-17(22)15-27(2)32(29,30)21-10-8-18(24)9-11-21/h4-14H,3,15H2,1-2H3,(H,26,28). The highest BCUT2D eigenvalue weighted by atomic mass is 35.5. The molecule has 3 aromatic carbocycles. The third kappa shape index (κ3) is 5.81. The molecule has 0 saturated heterocycles. The molecule has 0 fully saturated rings. The number of nitrogens with zero attached hydrogens (tertiary/aromatic N) is 1. The number of anilines is 1.